The minimum absolute atomic E-state index is 0.632. The fourth-order valence-corrected chi connectivity index (χ4v) is 2.39. The molecule has 0 saturated carbocycles. The van der Waals surface area contributed by atoms with Gasteiger partial charge in [-0.25, -0.2) is 0 Å². The van der Waals surface area contributed by atoms with Crippen molar-refractivity contribution in [2.24, 2.45) is 0 Å². The normalized spacial score (nSPS) is 10.7. The third kappa shape index (κ3) is 1.62. The van der Waals surface area contributed by atoms with Crippen LogP contribution in [0.3, 0.4) is 0 Å². The molecule has 18 heavy (non-hydrogen) atoms. The van der Waals surface area contributed by atoms with Crippen molar-refractivity contribution < 1.29 is 4.79 Å². The van der Waals surface area contributed by atoms with Gasteiger partial charge in [0.2, 0.25) is 0 Å². The van der Waals surface area contributed by atoms with Crippen LogP contribution >= 0.6 is 11.6 Å². The SMILES string of the molecule is O=Cc1c(-c2ccccc2Cl)[nH]c2ccccc12. The smallest absolute Gasteiger partial charge is 0.152 e. The topological polar surface area (TPSA) is 32.9 Å². The molecule has 0 amide bonds. The van der Waals surface area contributed by atoms with E-state index >= 15 is 0 Å². The summed E-state index contributed by atoms with van der Waals surface area (Å²) in [6.45, 7) is 0. The van der Waals surface area contributed by atoms with E-state index in [0.717, 1.165) is 28.4 Å². The molecule has 0 bridgehead atoms. The molecule has 0 radical (unpaired) electrons. The van der Waals surface area contributed by atoms with Gasteiger partial charge in [-0.15, -0.1) is 0 Å². The quantitative estimate of drug-likeness (QED) is 0.681. The Bertz CT molecular complexity index is 730. The summed E-state index contributed by atoms with van der Waals surface area (Å²) in [5.41, 5.74) is 3.21. The molecule has 88 valence electrons. The van der Waals surface area contributed by atoms with Gasteiger partial charge < -0.3 is 4.98 Å². The van der Waals surface area contributed by atoms with Crippen molar-refractivity contribution in [3.8, 4) is 11.3 Å². The van der Waals surface area contributed by atoms with Crippen LogP contribution in [0.4, 0.5) is 0 Å². The first kappa shape index (κ1) is 11.1. The van der Waals surface area contributed by atoms with Crippen molar-refractivity contribution in [2.75, 3.05) is 0 Å². The average molecular weight is 256 g/mol. The molecule has 3 rings (SSSR count). The summed E-state index contributed by atoms with van der Waals surface area (Å²) in [5, 5.41) is 1.55. The molecule has 1 heterocycles. The first-order chi connectivity index (χ1) is 8.81. The molecule has 0 saturated heterocycles. The van der Waals surface area contributed by atoms with E-state index in [4.69, 9.17) is 11.6 Å². The van der Waals surface area contributed by atoms with Crippen LogP contribution in [0.15, 0.2) is 48.5 Å². The van der Waals surface area contributed by atoms with E-state index in [1.807, 2.05) is 48.5 Å². The number of aromatic amines is 1. The maximum Gasteiger partial charge on any atom is 0.152 e. The molecule has 2 nitrogen and oxygen atoms in total. The number of carbonyl (C=O) groups is 1. The van der Waals surface area contributed by atoms with Crippen LogP contribution in [0.1, 0.15) is 10.4 Å². The number of H-pyrrole nitrogens is 1. The molecule has 0 atom stereocenters. The lowest BCUT2D eigenvalue weighted by Gasteiger charge is -2.02. The number of benzene rings is 2. The molecule has 0 unspecified atom stereocenters. The summed E-state index contributed by atoms with van der Waals surface area (Å²) >= 11 is 6.18. The molecule has 1 aromatic heterocycles. The third-order valence-corrected chi connectivity index (χ3v) is 3.34. The number of nitrogens with one attached hydrogen (secondary N) is 1. The Morgan fingerprint density at radius 2 is 1.72 bits per heavy atom. The highest BCUT2D eigenvalue weighted by Crippen LogP contribution is 2.33. The van der Waals surface area contributed by atoms with E-state index in [1.165, 1.54) is 0 Å². The predicted molar refractivity (Wildman–Crippen MR) is 74.1 cm³/mol. The van der Waals surface area contributed by atoms with Crippen molar-refractivity contribution in [2.45, 2.75) is 0 Å². The van der Waals surface area contributed by atoms with E-state index in [0.29, 0.717) is 10.6 Å². The highest BCUT2D eigenvalue weighted by molar-refractivity contribution is 6.33. The minimum atomic E-state index is 0.632. The first-order valence-electron chi connectivity index (χ1n) is 5.62. The van der Waals surface area contributed by atoms with E-state index in [9.17, 15) is 4.79 Å². The Morgan fingerprint density at radius 1 is 1.00 bits per heavy atom. The molecular formula is C15H10ClNO. The van der Waals surface area contributed by atoms with Gasteiger partial charge in [-0.3, -0.25) is 4.79 Å². The van der Waals surface area contributed by atoms with Gasteiger partial charge in [-0.05, 0) is 12.1 Å². The van der Waals surface area contributed by atoms with E-state index in [2.05, 4.69) is 4.98 Å². The number of aldehydes is 1. The summed E-state index contributed by atoms with van der Waals surface area (Å²) in [4.78, 5) is 14.6. The zero-order chi connectivity index (χ0) is 12.5. The van der Waals surface area contributed by atoms with Gasteiger partial charge in [0.25, 0.3) is 0 Å². The fraction of sp³-hybridized carbons (Fsp3) is 0. The maximum absolute atomic E-state index is 11.3. The number of aromatic nitrogens is 1. The number of carbonyl (C=O) groups excluding carboxylic acids is 1. The molecule has 3 aromatic rings. The second-order valence-corrected chi connectivity index (χ2v) is 4.46. The summed E-state index contributed by atoms with van der Waals surface area (Å²) in [6.07, 6.45) is 0.873. The number of fused-ring (bicyclic) bond motifs is 1. The molecule has 0 aliphatic rings. The number of halogens is 1. The molecule has 0 fully saturated rings. The van der Waals surface area contributed by atoms with Crippen molar-refractivity contribution in [3.63, 3.8) is 0 Å². The second kappa shape index (κ2) is 4.31. The summed E-state index contributed by atoms with van der Waals surface area (Å²) in [6, 6.07) is 15.2. The van der Waals surface area contributed by atoms with E-state index in [1.54, 1.807) is 0 Å². The molecule has 0 spiro atoms. The van der Waals surface area contributed by atoms with E-state index < -0.39 is 0 Å². The number of rotatable bonds is 2. The van der Waals surface area contributed by atoms with Crippen molar-refractivity contribution in [1.29, 1.82) is 0 Å². The lowest BCUT2D eigenvalue weighted by molar-refractivity contribution is 0.112. The molecule has 2 aromatic carbocycles. The van der Waals surface area contributed by atoms with Crippen molar-refractivity contribution >= 4 is 28.8 Å². The van der Waals surface area contributed by atoms with Crippen LogP contribution in [0.5, 0.6) is 0 Å². The summed E-state index contributed by atoms with van der Waals surface area (Å²) < 4.78 is 0. The number of para-hydroxylation sites is 1. The van der Waals surface area contributed by atoms with Crippen LogP contribution in [-0.4, -0.2) is 11.3 Å². The lowest BCUT2D eigenvalue weighted by atomic mass is 10.1. The Hall–Kier alpha value is -2.06. The molecule has 1 N–H and O–H groups in total. The highest BCUT2D eigenvalue weighted by Gasteiger charge is 2.13. The van der Waals surface area contributed by atoms with Gasteiger partial charge in [0, 0.05) is 27.1 Å². The maximum atomic E-state index is 11.3. The van der Waals surface area contributed by atoms with E-state index in [-0.39, 0.29) is 0 Å². The number of hydrogen-bond donors (Lipinski definition) is 1. The zero-order valence-corrected chi connectivity index (χ0v) is 10.2. The fourth-order valence-electron chi connectivity index (χ4n) is 2.16. The van der Waals surface area contributed by atoms with Crippen LogP contribution in [0.25, 0.3) is 22.2 Å². The highest BCUT2D eigenvalue weighted by atomic mass is 35.5. The largest absolute Gasteiger partial charge is 0.354 e. The van der Waals surface area contributed by atoms with Gasteiger partial charge in [-0.2, -0.15) is 0 Å². The van der Waals surface area contributed by atoms with Crippen LogP contribution < -0.4 is 0 Å². The Balaban J connectivity index is 2.36. The molecule has 0 aliphatic carbocycles. The van der Waals surface area contributed by atoms with Gasteiger partial charge in [0.05, 0.1) is 5.69 Å². The van der Waals surface area contributed by atoms with Crippen molar-refractivity contribution in [3.05, 3.63) is 59.1 Å². The number of hydrogen-bond acceptors (Lipinski definition) is 1. The standard InChI is InChI=1S/C15H10ClNO/c16-13-7-3-1-6-11(13)15-12(9-18)10-5-2-4-8-14(10)17-15/h1-9,17H. The Kier molecular flexibility index (Phi) is 2.65. The summed E-state index contributed by atoms with van der Waals surface area (Å²) in [5.74, 6) is 0. The van der Waals surface area contributed by atoms with Gasteiger partial charge in [0.15, 0.2) is 6.29 Å². The third-order valence-electron chi connectivity index (χ3n) is 3.01. The van der Waals surface area contributed by atoms with Crippen molar-refractivity contribution in [1.82, 2.24) is 4.98 Å². The van der Waals surface area contributed by atoms with Gasteiger partial charge in [0.1, 0.15) is 0 Å². The van der Waals surface area contributed by atoms with Crippen LogP contribution in [0, 0.1) is 0 Å². The predicted octanol–water partition coefficient (Wildman–Crippen LogP) is 4.30. The van der Waals surface area contributed by atoms with Crippen LogP contribution in [-0.2, 0) is 0 Å². The molecular weight excluding hydrogens is 246 g/mol. The van der Waals surface area contributed by atoms with Gasteiger partial charge in [-0.1, -0.05) is 48.0 Å². The lowest BCUT2D eigenvalue weighted by Crippen LogP contribution is -1.85. The summed E-state index contributed by atoms with van der Waals surface area (Å²) in [7, 11) is 0. The zero-order valence-electron chi connectivity index (χ0n) is 9.48. The monoisotopic (exact) mass is 255 g/mol. The second-order valence-electron chi connectivity index (χ2n) is 4.06. The molecule has 0 aliphatic heterocycles. The van der Waals surface area contributed by atoms with Gasteiger partial charge >= 0.3 is 0 Å². The average Bonchev–Trinajstić information content (AvgIpc) is 2.77. The minimum Gasteiger partial charge on any atom is -0.354 e. The van der Waals surface area contributed by atoms with Crippen LogP contribution in [0.2, 0.25) is 5.02 Å². The Morgan fingerprint density at radius 3 is 2.50 bits per heavy atom. The Labute approximate surface area is 109 Å². The molecule has 3 heteroatoms. The first-order valence-corrected chi connectivity index (χ1v) is 6.00.